The lowest BCUT2D eigenvalue weighted by Crippen LogP contribution is -2.51. The van der Waals surface area contributed by atoms with Crippen LogP contribution in [0.2, 0.25) is 0 Å². The van der Waals surface area contributed by atoms with Crippen molar-refractivity contribution < 1.29 is 4.74 Å². The van der Waals surface area contributed by atoms with Gasteiger partial charge in [-0.3, -0.25) is 0 Å². The van der Waals surface area contributed by atoms with E-state index in [1.54, 1.807) is 7.11 Å². The highest BCUT2D eigenvalue weighted by Gasteiger charge is 2.35. The van der Waals surface area contributed by atoms with E-state index < -0.39 is 0 Å². The summed E-state index contributed by atoms with van der Waals surface area (Å²) >= 11 is 0. The molecular weight excluding hydrogens is 224 g/mol. The largest absolute Gasteiger partial charge is 0.495 e. The van der Waals surface area contributed by atoms with Gasteiger partial charge >= 0.3 is 0 Å². The predicted octanol–water partition coefficient (Wildman–Crippen LogP) is 2.65. The minimum Gasteiger partial charge on any atom is -0.495 e. The number of benzene rings is 1. The summed E-state index contributed by atoms with van der Waals surface area (Å²) in [4.78, 5) is 2.46. The number of nitrogens with zero attached hydrogens (tertiary/aromatic N) is 1. The normalized spacial score (nSPS) is 22.9. The third kappa shape index (κ3) is 2.46. The molecule has 1 heterocycles. The van der Waals surface area contributed by atoms with E-state index in [0.717, 1.165) is 31.7 Å². The molecule has 1 aliphatic rings. The first-order valence-corrected chi connectivity index (χ1v) is 6.69. The van der Waals surface area contributed by atoms with Crippen LogP contribution < -0.4 is 15.4 Å². The van der Waals surface area contributed by atoms with Gasteiger partial charge in [0.2, 0.25) is 0 Å². The second kappa shape index (κ2) is 5.19. The fourth-order valence-corrected chi connectivity index (χ4v) is 3.03. The van der Waals surface area contributed by atoms with Crippen LogP contribution in [-0.2, 0) is 0 Å². The van der Waals surface area contributed by atoms with Crippen LogP contribution in [0.5, 0.6) is 5.75 Å². The number of para-hydroxylation sites is 2. The van der Waals surface area contributed by atoms with E-state index in [4.69, 9.17) is 10.5 Å². The second-order valence-corrected chi connectivity index (χ2v) is 5.73. The molecule has 2 rings (SSSR count). The molecule has 0 radical (unpaired) electrons. The molecule has 0 saturated carbocycles. The van der Waals surface area contributed by atoms with Gasteiger partial charge in [0.25, 0.3) is 0 Å². The zero-order valence-corrected chi connectivity index (χ0v) is 11.6. The molecule has 3 heteroatoms. The lowest BCUT2D eigenvalue weighted by atomic mass is 9.82. The predicted molar refractivity (Wildman–Crippen MR) is 76.2 cm³/mol. The molecule has 0 spiro atoms. The van der Waals surface area contributed by atoms with E-state index >= 15 is 0 Å². The summed E-state index contributed by atoms with van der Waals surface area (Å²) in [6.07, 6.45) is 2.31. The van der Waals surface area contributed by atoms with Crippen molar-refractivity contribution in [3.63, 3.8) is 0 Å². The molecule has 1 aromatic carbocycles. The van der Waals surface area contributed by atoms with Gasteiger partial charge in [-0.25, -0.2) is 0 Å². The van der Waals surface area contributed by atoms with E-state index in [0.29, 0.717) is 5.92 Å². The molecule has 18 heavy (non-hydrogen) atoms. The monoisotopic (exact) mass is 248 g/mol. The number of anilines is 1. The van der Waals surface area contributed by atoms with Crippen molar-refractivity contribution in [3.8, 4) is 5.75 Å². The first-order chi connectivity index (χ1) is 8.58. The quantitative estimate of drug-likeness (QED) is 0.893. The summed E-state index contributed by atoms with van der Waals surface area (Å²) in [5, 5.41) is 0. The lowest BCUT2D eigenvalue weighted by molar-refractivity contribution is 0.276. The molecular formula is C15H24N2O. The van der Waals surface area contributed by atoms with Crippen LogP contribution in [-0.4, -0.2) is 25.7 Å². The van der Waals surface area contributed by atoms with Crippen LogP contribution in [0, 0.1) is 5.92 Å². The maximum atomic E-state index is 5.82. The summed E-state index contributed by atoms with van der Waals surface area (Å²) in [6, 6.07) is 8.26. The molecule has 0 amide bonds. The van der Waals surface area contributed by atoms with Crippen LogP contribution >= 0.6 is 0 Å². The van der Waals surface area contributed by atoms with Gasteiger partial charge < -0.3 is 15.4 Å². The Labute approximate surface area is 110 Å². The maximum Gasteiger partial charge on any atom is 0.142 e. The van der Waals surface area contributed by atoms with Gasteiger partial charge in [-0.05, 0) is 51.3 Å². The van der Waals surface area contributed by atoms with Gasteiger partial charge in [0.1, 0.15) is 5.75 Å². The topological polar surface area (TPSA) is 38.5 Å². The third-order valence-electron chi connectivity index (χ3n) is 3.99. The zero-order valence-electron chi connectivity index (χ0n) is 11.6. The summed E-state index contributed by atoms with van der Waals surface area (Å²) in [5.74, 6) is 1.60. The number of rotatable bonds is 3. The minimum atomic E-state index is 0.136. The molecule has 0 aromatic heterocycles. The van der Waals surface area contributed by atoms with Crippen molar-refractivity contribution in [2.24, 2.45) is 11.7 Å². The van der Waals surface area contributed by atoms with Gasteiger partial charge in [-0.2, -0.15) is 0 Å². The Hall–Kier alpha value is -1.22. The van der Waals surface area contributed by atoms with Crippen molar-refractivity contribution in [2.45, 2.75) is 32.2 Å². The Morgan fingerprint density at radius 2 is 2.11 bits per heavy atom. The average Bonchev–Trinajstić information content (AvgIpc) is 2.37. The van der Waals surface area contributed by atoms with Crippen LogP contribution in [0.3, 0.4) is 0 Å². The van der Waals surface area contributed by atoms with Crippen molar-refractivity contribution in [1.29, 1.82) is 0 Å². The van der Waals surface area contributed by atoms with Gasteiger partial charge in [0.15, 0.2) is 0 Å². The Morgan fingerprint density at radius 1 is 1.39 bits per heavy atom. The van der Waals surface area contributed by atoms with Crippen LogP contribution in [0.25, 0.3) is 0 Å². The van der Waals surface area contributed by atoms with Crippen LogP contribution in [0.1, 0.15) is 26.7 Å². The second-order valence-electron chi connectivity index (χ2n) is 5.73. The fourth-order valence-electron chi connectivity index (χ4n) is 3.03. The summed E-state index contributed by atoms with van der Waals surface area (Å²) in [5.41, 5.74) is 7.15. The SMILES string of the molecule is COc1ccccc1N1CCC(CN)CC1(C)C. The number of methoxy groups -OCH3 is 1. The molecule has 3 nitrogen and oxygen atoms in total. The molecule has 1 aliphatic heterocycles. The smallest absolute Gasteiger partial charge is 0.142 e. The molecule has 1 fully saturated rings. The van der Waals surface area contributed by atoms with Gasteiger partial charge in [-0.15, -0.1) is 0 Å². The maximum absolute atomic E-state index is 5.82. The highest BCUT2D eigenvalue weighted by Crippen LogP contribution is 2.39. The number of piperidine rings is 1. The minimum absolute atomic E-state index is 0.136. The Balaban J connectivity index is 2.27. The van der Waals surface area contributed by atoms with Crippen molar-refractivity contribution in [3.05, 3.63) is 24.3 Å². The summed E-state index contributed by atoms with van der Waals surface area (Å²) < 4.78 is 5.48. The van der Waals surface area contributed by atoms with Crippen molar-refractivity contribution >= 4 is 5.69 Å². The van der Waals surface area contributed by atoms with Crippen LogP contribution in [0.4, 0.5) is 5.69 Å². The van der Waals surface area contributed by atoms with Gasteiger partial charge in [-0.1, -0.05) is 12.1 Å². The highest BCUT2D eigenvalue weighted by molar-refractivity contribution is 5.60. The van der Waals surface area contributed by atoms with E-state index in [9.17, 15) is 0 Å². The van der Waals surface area contributed by atoms with Gasteiger partial charge in [0, 0.05) is 12.1 Å². The fraction of sp³-hybridized carbons (Fsp3) is 0.600. The number of hydrogen-bond acceptors (Lipinski definition) is 3. The standard InChI is InChI=1S/C15H24N2O/c1-15(2)10-12(11-16)8-9-17(15)13-6-4-5-7-14(13)18-3/h4-7,12H,8-11,16H2,1-3H3. The molecule has 1 atom stereocenters. The summed E-state index contributed by atoms with van der Waals surface area (Å²) in [6.45, 7) is 6.43. The number of hydrogen-bond donors (Lipinski definition) is 1. The van der Waals surface area contributed by atoms with E-state index in [1.165, 1.54) is 5.69 Å². The van der Waals surface area contributed by atoms with E-state index in [1.807, 2.05) is 12.1 Å². The highest BCUT2D eigenvalue weighted by atomic mass is 16.5. The Kier molecular flexibility index (Phi) is 3.81. The van der Waals surface area contributed by atoms with Crippen LogP contribution in [0.15, 0.2) is 24.3 Å². The molecule has 100 valence electrons. The third-order valence-corrected chi connectivity index (χ3v) is 3.99. The molecule has 0 bridgehead atoms. The number of nitrogens with two attached hydrogens (primary N) is 1. The molecule has 1 aromatic rings. The number of ether oxygens (including phenoxy) is 1. The van der Waals surface area contributed by atoms with E-state index in [-0.39, 0.29) is 5.54 Å². The first-order valence-electron chi connectivity index (χ1n) is 6.69. The molecule has 0 aliphatic carbocycles. The average molecular weight is 248 g/mol. The molecule has 2 N–H and O–H groups in total. The zero-order chi connectivity index (χ0) is 13.2. The van der Waals surface area contributed by atoms with Gasteiger partial charge in [0.05, 0.1) is 12.8 Å². The Morgan fingerprint density at radius 3 is 2.72 bits per heavy atom. The lowest BCUT2D eigenvalue weighted by Gasteiger charge is -2.47. The van der Waals surface area contributed by atoms with E-state index in [2.05, 4.69) is 30.9 Å². The Bertz CT molecular complexity index is 403. The van der Waals surface area contributed by atoms with Crippen molar-refractivity contribution in [2.75, 3.05) is 25.1 Å². The summed E-state index contributed by atoms with van der Waals surface area (Å²) in [7, 11) is 1.73. The first kappa shape index (κ1) is 13.2. The molecule has 1 saturated heterocycles. The molecule has 1 unspecified atom stereocenters. The van der Waals surface area contributed by atoms with Crippen molar-refractivity contribution in [1.82, 2.24) is 0 Å².